The fraction of sp³-hybridized carbons (Fsp3) is 0.400. The number of benzene rings is 1. The van der Waals surface area contributed by atoms with Crippen molar-refractivity contribution in [2.24, 2.45) is 0 Å². The molecule has 14 heavy (non-hydrogen) atoms. The molecule has 0 aliphatic rings. The van der Waals surface area contributed by atoms with E-state index in [-0.39, 0.29) is 0 Å². The van der Waals surface area contributed by atoms with Gasteiger partial charge in [-0.1, -0.05) is 6.07 Å². The summed E-state index contributed by atoms with van der Waals surface area (Å²) in [5.74, 6) is 0.812. The average Bonchev–Trinajstić information content (AvgIpc) is 2.12. The number of methoxy groups -OCH3 is 1. The zero-order valence-electron chi connectivity index (χ0n) is 8.96. The highest BCUT2D eigenvalue weighted by Crippen LogP contribution is 2.24. The second-order valence-electron chi connectivity index (χ2n) is 3.44. The molecule has 0 heterocycles. The van der Waals surface area contributed by atoms with Gasteiger partial charge in [0, 0.05) is 0 Å². The van der Waals surface area contributed by atoms with E-state index in [4.69, 9.17) is 14.8 Å². The fourth-order valence-corrected chi connectivity index (χ4v) is 1.67. The van der Waals surface area contributed by atoms with Crippen molar-refractivity contribution < 1.29 is 14.8 Å². The highest BCUT2D eigenvalue weighted by molar-refractivity contribution is 6.59. The highest BCUT2D eigenvalue weighted by Gasteiger charge is 2.18. The number of aryl methyl sites for hydroxylation is 1. The summed E-state index contributed by atoms with van der Waals surface area (Å²) in [5.41, 5.74) is 3.28. The van der Waals surface area contributed by atoms with Crippen LogP contribution in [0.3, 0.4) is 0 Å². The van der Waals surface area contributed by atoms with Crippen molar-refractivity contribution >= 4 is 12.6 Å². The van der Waals surface area contributed by atoms with Crippen LogP contribution < -0.4 is 10.2 Å². The lowest BCUT2D eigenvalue weighted by Crippen LogP contribution is -2.33. The van der Waals surface area contributed by atoms with Gasteiger partial charge in [0.15, 0.2) is 0 Å². The quantitative estimate of drug-likeness (QED) is 0.665. The minimum absolute atomic E-state index is 0.542. The lowest BCUT2D eigenvalue weighted by molar-refractivity contribution is 0.407. The lowest BCUT2D eigenvalue weighted by Gasteiger charge is -2.14. The molecular formula is C10H15BO3. The molecule has 0 radical (unpaired) electrons. The third kappa shape index (κ3) is 1.76. The monoisotopic (exact) mass is 194 g/mol. The second-order valence-corrected chi connectivity index (χ2v) is 3.44. The molecular weight excluding hydrogens is 179 g/mol. The van der Waals surface area contributed by atoms with Gasteiger partial charge < -0.3 is 14.8 Å². The van der Waals surface area contributed by atoms with Crippen LogP contribution in [0.1, 0.15) is 16.7 Å². The molecule has 2 N–H and O–H groups in total. The first-order valence-corrected chi connectivity index (χ1v) is 4.49. The van der Waals surface area contributed by atoms with Crippen LogP contribution in [0.5, 0.6) is 5.75 Å². The topological polar surface area (TPSA) is 49.7 Å². The Morgan fingerprint density at radius 1 is 1.14 bits per heavy atom. The molecule has 3 nitrogen and oxygen atoms in total. The molecule has 1 aromatic carbocycles. The van der Waals surface area contributed by atoms with E-state index in [1.807, 2.05) is 20.8 Å². The minimum Gasteiger partial charge on any atom is -0.496 e. The van der Waals surface area contributed by atoms with Crippen molar-refractivity contribution in [1.82, 2.24) is 0 Å². The minimum atomic E-state index is -1.42. The number of ether oxygens (including phenoxy) is 1. The van der Waals surface area contributed by atoms with Gasteiger partial charge in [0.2, 0.25) is 0 Å². The average molecular weight is 194 g/mol. The Hall–Kier alpha value is -0.995. The molecule has 4 heteroatoms. The SMILES string of the molecule is COc1c(C)cc(B(O)O)c(C)c1C. The molecule has 1 aromatic rings. The van der Waals surface area contributed by atoms with Gasteiger partial charge in [0.05, 0.1) is 7.11 Å². The molecule has 0 amide bonds. The van der Waals surface area contributed by atoms with Crippen LogP contribution in [0.15, 0.2) is 6.07 Å². The van der Waals surface area contributed by atoms with Crippen LogP contribution >= 0.6 is 0 Å². The van der Waals surface area contributed by atoms with E-state index >= 15 is 0 Å². The van der Waals surface area contributed by atoms with Crippen LogP contribution in [0.2, 0.25) is 0 Å². The van der Waals surface area contributed by atoms with Crippen LogP contribution in [-0.2, 0) is 0 Å². The van der Waals surface area contributed by atoms with Gasteiger partial charge in [-0.15, -0.1) is 0 Å². The number of hydrogen-bond acceptors (Lipinski definition) is 3. The Bertz CT molecular complexity index is 348. The molecule has 0 aliphatic carbocycles. The molecule has 0 saturated heterocycles. The maximum Gasteiger partial charge on any atom is 0.488 e. The molecule has 76 valence electrons. The van der Waals surface area contributed by atoms with Gasteiger partial charge >= 0.3 is 7.12 Å². The molecule has 1 rings (SSSR count). The summed E-state index contributed by atoms with van der Waals surface area (Å²) in [5, 5.41) is 18.3. The maximum atomic E-state index is 9.13. The van der Waals surface area contributed by atoms with Crippen molar-refractivity contribution in [3.05, 3.63) is 22.8 Å². The Balaban J connectivity index is 3.40. The maximum absolute atomic E-state index is 9.13. The van der Waals surface area contributed by atoms with E-state index in [2.05, 4.69) is 0 Å². The number of hydrogen-bond donors (Lipinski definition) is 2. The largest absolute Gasteiger partial charge is 0.496 e. The first kappa shape index (κ1) is 11.1. The predicted molar refractivity (Wildman–Crippen MR) is 57.0 cm³/mol. The molecule has 0 saturated carbocycles. The molecule has 0 atom stereocenters. The lowest BCUT2D eigenvalue weighted by atomic mass is 9.75. The Morgan fingerprint density at radius 2 is 1.71 bits per heavy atom. The Morgan fingerprint density at radius 3 is 2.14 bits per heavy atom. The summed E-state index contributed by atoms with van der Waals surface area (Å²) in [6.07, 6.45) is 0. The summed E-state index contributed by atoms with van der Waals surface area (Å²) in [6.45, 7) is 5.65. The van der Waals surface area contributed by atoms with Crippen LogP contribution in [0.25, 0.3) is 0 Å². The molecule has 0 fully saturated rings. The van der Waals surface area contributed by atoms with E-state index < -0.39 is 7.12 Å². The van der Waals surface area contributed by atoms with Gasteiger partial charge in [0.25, 0.3) is 0 Å². The molecule has 0 unspecified atom stereocenters. The zero-order chi connectivity index (χ0) is 10.9. The van der Waals surface area contributed by atoms with E-state index in [9.17, 15) is 0 Å². The third-order valence-corrected chi connectivity index (χ3v) is 2.55. The fourth-order valence-electron chi connectivity index (χ4n) is 1.67. The Kier molecular flexibility index (Phi) is 3.19. The third-order valence-electron chi connectivity index (χ3n) is 2.55. The summed E-state index contributed by atoms with van der Waals surface area (Å²) >= 11 is 0. The van der Waals surface area contributed by atoms with Crippen molar-refractivity contribution in [2.45, 2.75) is 20.8 Å². The molecule has 0 aromatic heterocycles. The predicted octanol–water partition coefficient (Wildman–Crippen LogP) is 0.300. The summed E-state index contributed by atoms with van der Waals surface area (Å²) in [6, 6.07) is 1.74. The Labute approximate surface area is 84.5 Å². The standard InChI is InChI=1S/C10H15BO3/c1-6-5-9(11(12)13)7(2)8(3)10(6)14-4/h5,12-13H,1-4H3. The van der Waals surface area contributed by atoms with Crippen LogP contribution in [-0.4, -0.2) is 24.3 Å². The van der Waals surface area contributed by atoms with Crippen molar-refractivity contribution in [1.29, 1.82) is 0 Å². The van der Waals surface area contributed by atoms with Crippen LogP contribution in [0.4, 0.5) is 0 Å². The van der Waals surface area contributed by atoms with Gasteiger partial charge in [-0.3, -0.25) is 0 Å². The van der Waals surface area contributed by atoms with E-state index in [0.29, 0.717) is 5.46 Å². The van der Waals surface area contributed by atoms with Gasteiger partial charge in [0.1, 0.15) is 5.75 Å². The smallest absolute Gasteiger partial charge is 0.488 e. The summed E-state index contributed by atoms with van der Waals surface area (Å²) in [4.78, 5) is 0. The zero-order valence-corrected chi connectivity index (χ0v) is 8.96. The summed E-state index contributed by atoms with van der Waals surface area (Å²) in [7, 11) is 0.197. The van der Waals surface area contributed by atoms with Gasteiger partial charge in [-0.2, -0.15) is 0 Å². The second kappa shape index (κ2) is 4.03. The molecule has 0 spiro atoms. The van der Waals surface area contributed by atoms with Gasteiger partial charge in [-0.05, 0) is 42.9 Å². The van der Waals surface area contributed by atoms with Crippen molar-refractivity contribution in [2.75, 3.05) is 7.11 Å². The molecule has 0 bridgehead atoms. The van der Waals surface area contributed by atoms with E-state index in [1.54, 1.807) is 13.2 Å². The van der Waals surface area contributed by atoms with Crippen molar-refractivity contribution in [3.8, 4) is 5.75 Å². The van der Waals surface area contributed by atoms with Gasteiger partial charge in [-0.25, -0.2) is 0 Å². The first-order valence-electron chi connectivity index (χ1n) is 4.49. The molecule has 0 aliphatic heterocycles. The summed E-state index contributed by atoms with van der Waals surface area (Å²) < 4.78 is 5.23. The van der Waals surface area contributed by atoms with Crippen molar-refractivity contribution in [3.63, 3.8) is 0 Å². The first-order chi connectivity index (χ1) is 6.49. The highest BCUT2D eigenvalue weighted by atomic mass is 16.5. The normalized spacial score (nSPS) is 10.1. The van der Waals surface area contributed by atoms with E-state index in [0.717, 1.165) is 22.4 Å². The van der Waals surface area contributed by atoms with Crippen LogP contribution in [0, 0.1) is 20.8 Å². The van der Waals surface area contributed by atoms with E-state index in [1.165, 1.54) is 0 Å². The number of rotatable bonds is 2.